The van der Waals surface area contributed by atoms with E-state index >= 15 is 0 Å². The minimum absolute atomic E-state index is 0.0711. The van der Waals surface area contributed by atoms with Crippen molar-refractivity contribution in [2.24, 2.45) is 0 Å². The first-order valence-electron chi connectivity index (χ1n) is 11.7. The Morgan fingerprint density at radius 3 is 2.71 bits per heavy atom. The van der Waals surface area contributed by atoms with Crippen LogP contribution in [0.3, 0.4) is 0 Å². The highest BCUT2D eigenvalue weighted by molar-refractivity contribution is 5.94. The molecule has 0 amide bonds. The number of hydrogen-bond acceptors (Lipinski definition) is 6. The second-order valence-electron chi connectivity index (χ2n) is 8.87. The zero-order valence-corrected chi connectivity index (χ0v) is 20.4. The number of aromatic carboxylic acids is 1. The number of halogens is 1. The van der Waals surface area contributed by atoms with E-state index in [0.717, 1.165) is 5.56 Å². The summed E-state index contributed by atoms with van der Waals surface area (Å²) in [7, 11) is 0. The standard InChI is InChI=1S/C29H21FN4O4/c1-16-9-22(17(2)33-25-6-4-3-5-21(25)29(36)37)28-23(10-16)26(35)12-27(38-28)19-14-32-34(15-19)20-8-7-18(13-31)24(30)11-20/h3-12,14-15,17,33H,1-2H3,(H,36,37)/t17-/m1/s1. The van der Waals surface area contributed by atoms with Crippen LogP contribution < -0.4 is 10.7 Å². The Kier molecular flexibility index (Phi) is 6.23. The number of para-hydroxylation sites is 1. The number of rotatable bonds is 6. The Bertz CT molecular complexity index is 1820. The summed E-state index contributed by atoms with van der Waals surface area (Å²) < 4.78 is 21.8. The second-order valence-corrected chi connectivity index (χ2v) is 8.87. The third-order valence-electron chi connectivity index (χ3n) is 6.20. The van der Waals surface area contributed by atoms with Crippen LogP contribution in [-0.2, 0) is 0 Å². The zero-order chi connectivity index (χ0) is 27.0. The van der Waals surface area contributed by atoms with Crippen LogP contribution in [0.4, 0.5) is 10.1 Å². The quantitative estimate of drug-likeness (QED) is 0.296. The summed E-state index contributed by atoms with van der Waals surface area (Å²) in [5.74, 6) is -1.45. The number of carboxylic acids is 1. The lowest BCUT2D eigenvalue weighted by atomic mass is 10.0. The van der Waals surface area contributed by atoms with E-state index in [1.807, 2.05) is 19.9 Å². The predicted octanol–water partition coefficient (Wildman–Crippen LogP) is 5.84. The van der Waals surface area contributed by atoms with Gasteiger partial charge in [-0.2, -0.15) is 10.4 Å². The minimum Gasteiger partial charge on any atom is -0.478 e. The van der Waals surface area contributed by atoms with Crippen LogP contribution >= 0.6 is 0 Å². The zero-order valence-electron chi connectivity index (χ0n) is 20.4. The lowest BCUT2D eigenvalue weighted by molar-refractivity contribution is 0.0698. The average molecular weight is 509 g/mol. The van der Waals surface area contributed by atoms with Crippen molar-refractivity contribution in [1.29, 1.82) is 5.26 Å². The first-order valence-corrected chi connectivity index (χ1v) is 11.7. The number of benzene rings is 3. The van der Waals surface area contributed by atoms with E-state index in [9.17, 15) is 19.1 Å². The number of nitrogens with one attached hydrogen (secondary N) is 1. The third kappa shape index (κ3) is 4.51. The number of carbonyl (C=O) groups is 1. The summed E-state index contributed by atoms with van der Waals surface area (Å²) in [6.07, 6.45) is 3.10. The maximum atomic E-state index is 14.1. The van der Waals surface area contributed by atoms with Gasteiger partial charge in [0.05, 0.1) is 40.0 Å². The summed E-state index contributed by atoms with van der Waals surface area (Å²) in [5.41, 5.74) is 3.05. The minimum atomic E-state index is -1.05. The molecular weight excluding hydrogens is 487 g/mol. The molecule has 5 rings (SSSR count). The van der Waals surface area contributed by atoms with Crippen LogP contribution in [0.25, 0.3) is 28.0 Å². The van der Waals surface area contributed by atoms with Crippen molar-refractivity contribution in [3.05, 3.63) is 111 Å². The van der Waals surface area contributed by atoms with E-state index in [0.29, 0.717) is 33.5 Å². The first-order chi connectivity index (χ1) is 18.2. The fourth-order valence-electron chi connectivity index (χ4n) is 4.33. The van der Waals surface area contributed by atoms with Crippen LogP contribution in [-0.4, -0.2) is 20.9 Å². The molecule has 0 saturated carbocycles. The van der Waals surface area contributed by atoms with E-state index < -0.39 is 17.8 Å². The number of hydrogen-bond donors (Lipinski definition) is 2. The van der Waals surface area contributed by atoms with Crippen molar-refractivity contribution in [2.75, 3.05) is 5.32 Å². The van der Waals surface area contributed by atoms with E-state index in [1.165, 1.54) is 35.1 Å². The SMILES string of the molecule is Cc1cc([C@@H](C)Nc2ccccc2C(=O)O)c2oc(-c3cnn(-c4ccc(C#N)c(F)c4)c3)cc(=O)c2c1. The lowest BCUT2D eigenvalue weighted by Gasteiger charge is -2.19. The van der Waals surface area contributed by atoms with Gasteiger partial charge in [0.1, 0.15) is 23.2 Å². The predicted molar refractivity (Wildman–Crippen MR) is 140 cm³/mol. The molecule has 0 bridgehead atoms. The normalized spacial score (nSPS) is 11.7. The van der Waals surface area contributed by atoms with Crippen molar-refractivity contribution in [1.82, 2.24) is 9.78 Å². The Labute approximate surface area is 216 Å². The Balaban J connectivity index is 1.57. The summed E-state index contributed by atoms with van der Waals surface area (Å²) in [4.78, 5) is 24.8. The third-order valence-corrected chi connectivity index (χ3v) is 6.20. The fourth-order valence-corrected chi connectivity index (χ4v) is 4.33. The van der Waals surface area contributed by atoms with Gasteiger partial charge in [0.15, 0.2) is 5.43 Å². The van der Waals surface area contributed by atoms with Gasteiger partial charge in [0, 0.05) is 29.6 Å². The number of fused-ring (bicyclic) bond motifs is 1. The average Bonchev–Trinajstić information content (AvgIpc) is 3.39. The fraction of sp³-hybridized carbons (Fsp3) is 0.103. The molecular formula is C29H21FN4O4. The summed E-state index contributed by atoms with van der Waals surface area (Å²) in [5, 5.41) is 26.4. The Morgan fingerprint density at radius 2 is 1.97 bits per heavy atom. The molecule has 1 atom stereocenters. The molecule has 2 aromatic heterocycles. The van der Waals surface area contributed by atoms with Crippen LogP contribution in [0.15, 0.2) is 82.3 Å². The maximum absolute atomic E-state index is 14.1. The molecule has 2 heterocycles. The van der Waals surface area contributed by atoms with Crippen molar-refractivity contribution >= 4 is 22.6 Å². The molecule has 0 spiro atoms. The first kappa shape index (κ1) is 24.5. The van der Waals surface area contributed by atoms with Crippen molar-refractivity contribution in [2.45, 2.75) is 19.9 Å². The van der Waals surface area contributed by atoms with Gasteiger partial charge in [-0.3, -0.25) is 4.79 Å². The van der Waals surface area contributed by atoms with Crippen molar-refractivity contribution in [3.8, 4) is 23.1 Å². The van der Waals surface area contributed by atoms with Crippen LogP contribution in [0.1, 0.15) is 40.0 Å². The van der Waals surface area contributed by atoms with Gasteiger partial charge < -0.3 is 14.8 Å². The molecule has 0 fully saturated rings. The molecule has 9 heteroatoms. The topological polar surface area (TPSA) is 121 Å². The molecule has 0 aliphatic carbocycles. The van der Waals surface area contributed by atoms with Gasteiger partial charge in [-0.1, -0.05) is 18.2 Å². The van der Waals surface area contributed by atoms with Gasteiger partial charge in [0.2, 0.25) is 0 Å². The second kappa shape index (κ2) is 9.67. The van der Waals surface area contributed by atoms with Gasteiger partial charge in [0.25, 0.3) is 0 Å². The lowest BCUT2D eigenvalue weighted by Crippen LogP contribution is -2.12. The van der Waals surface area contributed by atoms with E-state index in [2.05, 4.69) is 10.4 Å². The van der Waals surface area contributed by atoms with Gasteiger partial charge >= 0.3 is 5.97 Å². The summed E-state index contributed by atoms with van der Waals surface area (Å²) >= 11 is 0. The number of nitriles is 1. The maximum Gasteiger partial charge on any atom is 0.337 e. The van der Waals surface area contributed by atoms with E-state index in [1.54, 1.807) is 42.6 Å². The number of carboxylic acid groups (broad SMARTS) is 1. The van der Waals surface area contributed by atoms with Gasteiger partial charge in [-0.15, -0.1) is 0 Å². The molecule has 8 nitrogen and oxygen atoms in total. The molecule has 2 N–H and O–H groups in total. The number of anilines is 1. The molecule has 188 valence electrons. The molecule has 0 aliphatic rings. The van der Waals surface area contributed by atoms with E-state index in [-0.39, 0.29) is 22.3 Å². The van der Waals surface area contributed by atoms with Crippen molar-refractivity contribution < 1.29 is 18.7 Å². The van der Waals surface area contributed by atoms with Crippen molar-refractivity contribution in [3.63, 3.8) is 0 Å². The molecule has 0 saturated heterocycles. The van der Waals surface area contributed by atoms with Crippen LogP contribution in [0, 0.1) is 24.1 Å². The number of aryl methyl sites for hydroxylation is 1. The number of nitrogens with zero attached hydrogens (tertiary/aromatic N) is 3. The Morgan fingerprint density at radius 1 is 1.18 bits per heavy atom. The molecule has 0 radical (unpaired) electrons. The highest BCUT2D eigenvalue weighted by atomic mass is 19.1. The molecule has 0 unspecified atom stereocenters. The molecule has 0 aliphatic heterocycles. The molecule has 3 aromatic carbocycles. The van der Waals surface area contributed by atoms with Gasteiger partial charge in [-0.25, -0.2) is 13.9 Å². The summed E-state index contributed by atoms with van der Waals surface area (Å²) in [6.45, 7) is 3.73. The Hall–Kier alpha value is -5.23. The molecule has 38 heavy (non-hydrogen) atoms. The van der Waals surface area contributed by atoms with Crippen LogP contribution in [0.2, 0.25) is 0 Å². The largest absolute Gasteiger partial charge is 0.478 e. The highest BCUT2D eigenvalue weighted by Crippen LogP contribution is 2.31. The van der Waals surface area contributed by atoms with E-state index in [4.69, 9.17) is 9.68 Å². The highest BCUT2D eigenvalue weighted by Gasteiger charge is 2.19. The number of aromatic nitrogens is 2. The monoisotopic (exact) mass is 508 g/mol. The molecule has 5 aromatic rings. The van der Waals surface area contributed by atoms with Crippen LogP contribution in [0.5, 0.6) is 0 Å². The smallest absolute Gasteiger partial charge is 0.337 e. The summed E-state index contributed by atoms with van der Waals surface area (Å²) in [6, 6.07) is 17.1. The van der Waals surface area contributed by atoms with Gasteiger partial charge in [-0.05, 0) is 49.7 Å².